The molecule has 0 atom stereocenters. The van der Waals surface area contributed by atoms with Crippen LogP contribution >= 0.6 is 0 Å². The minimum absolute atomic E-state index is 0.00904. The maximum atomic E-state index is 12.4. The molecule has 0 spiro atoms. The molecule has 0 aliphatic heterocycles. The predicted molar refractivity (Wildman–Crippen MR) is 81.3 cm³/mol. The molecule has 21 heavy (non-hydrogen) atoms. The minimum atomic E-state index is 0.00904. The Balaban J connectivity index is 2.17. The van der Waals surface area contributed by atoms with E-state index < -0.39 is 0 Å². The van der Waals surface area contributed by atoms with Crippen molar-refractivity contribution >= 4 is 5.91 Å². The van der Waals surface area contributed by atoms with E-state index in [1.807, 2.05) is 7.05 Å². The van der Waals surface area contributed by atoms with E-state index in [-0.39, 0.29) is 12.5 Å². The van der Waals surface area contributed by atoms with Crippen molar-refractivity contribution in [1.29, 1.82) is 0 Å². The van der Waals surface area contributed by atoms with E-state index in [0.717, 1.165) is 6.54 Å². The Labute approximate surface area is 125 Å². The van der Waals surface area contributed by atoms with E-state index in [9.17, 15) is 4.79 Å². The van der Waals surface area contributed by atoms with Crippen molar-refractivity contribution < 1.29 is 14.6 Å². The largest absolute Gasteiger partial charge is 0.495 e. The number of aliphatic hydroxyl groups excluding tert-OH is 1. The van der Waals surface area contributed by atoms with E-state index in [1.54, 1.807) is 30.2 Å². The zero-order valence-electron chi connectivity index (χ0n) is 12.6. The fraction of sp³-hybridized carbons (Fsp3) is 0.471. The predicted octanol–water partition coefficient (Wildman–Crippen LogP) is 1.91. The van der Waals surface area contributed by atoms with Gasteiger partial charge in [0, 0.05) is 25.6 Å². The van der Waals surface area contributed by atoms with Gasteiger partial charge in [-0.3, -0.25) is 4.79 Å². The maximum absolute atomic E-state index is 12.4. The van der Waals surface area contributed by atoms with Crippen LogP contribution in [0.3, 0.4) is 0 Å². The molecule has 1 aromatic carbocycles. The van der Waals surface area contributed by atoms with Crippen molar-refractivity contribution in [3.05, 3.63) is 29.3 Å². The Morgan fingerprint density at radius 1 is 1.48 bits per heavy atom. The van der Waals surface area contributed by atoms with Crippen molar-refractivity contribution in [2.24, 2.45) is 5.92 Å². The minimum Gasteiger partial charge on any atom is -0.495 e. The highest BCUT2D eigenvalue weighted by Gasteiger charge is 2.25. The number of rotatable bonds is 5. The summed E-state index contributed by atoms with van der Waals surface area (Å²) in [4.78, 5) is 14.2. The highest BCUT2D eigenvalue weighted by molar-refractivity contribution is 5.94. The van der Waals surface area contributed by atoms with Crippen LogP contribution in [0.1, 0.15) is 35.2 Å². The molecule has 1 amide bonds. The van der Waals surface area contributed by atoms with Gasteiger partial charge in [0.05, 0.1) is 19.3 Å². The molecule has 1 aliphatic rings. The fourth-order valence-corrected chi connectivity index (χ4v) is 2.14. The van der Waals surface area contributed by atoms with Gasteiger partial charge in [-0.1, -0.05) is 11.8 Å². The third-order valence-electron chi connectivity index (χ3n) is 3.48. The number of methoxy groups -OCH3 is 1. The number of nitrogens with zero attached hydrogens (tertiary/aromatic N) is 1. The molecule has 1 fully saturated rings. The van der Waals surface area contributed by atoms with Crippen LogP contribution in [0, 0.1) is 17.8 Å². The van der Waals surface area contributed by atoms with Crippen molar-refractivity contribution in [2.75, 3.05) is 27.3 Å². The Bertz CT molecular complexity index is 567. The standard InChI is InChI=1S/C17H21NO3/c1-18(12-13-6-7-13)17(20)15-8-9-16(21-2)14(11-15)5-3-4-10-19/h8-9,11,13,19H,4,6-7,10,12H2,1-2H3. The summed E-state index contributed by atoms with van der Waals surface area (Å²) < 4.78 is 5.26. The summed E-state index contributed by atoms with van der Waals surface area (Å²) in [6.07, 6.45) is 2.85. The fourth-order valence-electron chi connectivity index (χ4n) is 2.14. The highest BCUT2D eigenvalue weighted by atomic mass is 16.5. The summed E-state index contributed by atoms with van der Waals surface area (Å²) in [6.45, 7) is 0.842. The second-order valence-corrected chi connectivity index (χ2v) is 5.32. The molecule has 0 radical (unpaired) electrons. The third kappa shape index (κ3) is 4.24. The van der Waals surface area contributed by atoms with Gasteiger partial charge in [0.25, 0.3) is 5.91 Å². The number of benzene rings is 1. The van der Waals surface area contributed by atoms with E-state index in [0.29, 0.717) is 29.2 Å². The normalized spacial score (nSPS) is 13.3. The quantitative estimate of drug-likeness (QED) is 0.842. The molecule has 1 aliphatic carbocycles. The summed E-state index contributed by atoms with van der Waals surface area (Å²) in [5, 5.41) is 8.78. The second-order valence-electron chi connectivity index (χ2n) is 5.32. The van der Waals surface area contributed by atoms with Gasteiger partial charge < -0.3 is 14.7 Å². The first-order chi connectivity index (χ1) is 10.2. The molecule has 0 heterocycles. The summed E-state index contributed by atoms with van der Waals surface area (Å²) >= 11 is 0. The first-order valence-electron chi connectivity index (χ1n) is 7.19. The summed E-state index contributed by atoms with van der Waals surface area (Å²) in [7, 11) is 3.41. The van der Waals surface area contributed by atoms with Crippen molar-refractivity contribution in [1.82, 2.24) is 4.90 Å². The van der Waals surface area contributed by atoms with E-state index in [2.05, 4.69) is 11.8 Å². The average Bonchev–Trinajstić information content (AvgIpc) is 3.30. The van der Waals surface area contributed by atoms with Gasteiger partial charge in [-0.15, -0.1) is 0 Å². The number of aliphatic hydroxyl groups is 1. The van der Waals surface area contributed by atoms with Gasteiger partial charge in [0.1, 0.15) is 5.75 Å². The molecule has 112 valence electrons. The summed E-state index contributed by atoms with van der Waals surface area (Å²) in [5.74, 6) is 7.12. The molecular formula is C17H21NO3. The SMILES string of the molecule is COc1ccc(C(=O)N(C)CC2CC2)cc1C#CCCO. The molecule has 0 saturated heterocycles. The topological polar surface area (TPSA) is 49.8 Å². The lowest BCUT2D eigenvalue weighted by molar-refractivity contribution is 0.0788. The van der Waals surface area contributed by atoms with Gasteiger partial charge in [0.2, 0.25) is 0 Å². The molecule has 1 aromatic rings. The Hall–Kier alpha value is -1.99. The van der Waals surface area contributed by atoms with Crippen LogP contribution in [0.4, 0.5) is 0 Å². The molecular weight excluding hydrogens is 266 g/mol. The number of amides is 1. The van der Waals surface area contributed by atoms with Gasteiger partial charge in [0.15, 0.2) is 0 Å². The molecule has 0 bridgehead atoms. The molecule has 0 unspecified atom stereocenters. The number of carbonyl (C=O) groups excluding carboxylic acids is 1. The van der Waals surface area contributed by atoms with E-state index in [1.165, 1.54) is 12.8 Å². The molecule has 4 nitrogen and oxygen atoms in total. The van der Waals surface area contributed by atoms with E-state index >= 15 is 0 Å². The van der Waals surface area contributed by atoms with Crippen molar-refractivity contribution in [2.45, 2.75) is 19.3 Å². The molecule has 1 saturated carbocycles. The van der Waals surface area contributed by atoms with Gasteiger partial charge in [-0.2, -0.15) is 0 Å². The van der Waals surface area contributed by atoms with Gasteiger partial charge in [-0.05, 0) is 37.0 Å². The first kappa shape index (κ1) is 15.4. The maximum Gasteiger partial charge on any atom is 0.253 e. The van der Waals surface area contributed by atoms with Crippen LogP contribution in [0.5, 0.6) is 5.75 Å². The van der Waals surface area contributed by atoms with E-state index in [4.69, 9.17) is 9.84 Å². The lowest BCUT2D eigenvalue weighted by atomic mass is 10.1. The first-order valence-corrected chi connectivity index (χ1v) is 7.19. The lowest BCUT2D eigenvalue weighted by Gasteiger charge is -2.17. The average molecular weight is 287 g/mol. The van der Waals surface area contributed by atoms with Gasteiger partial charge in [-0.25, -0.2) is 0 Å². The van der Waals surface area contributed by atoms with Crippen LogP contribution in [-0.2, 0) is 0 Å². The zero-order chi connectivity index (χ0) is 15.2. The van der Waals surface area contributed by atoms with Crippen LogP contribution in [0.15, 0.2) is 18.2 Å². The summed E-state index contributed by atoms with van der Waals surface area (Å²) in [5.41, 5.74) is 1.30. The van der Waals surface area contributed by atoms with Crippen molar-refractivity contribution in [3.8, 4) is 17.6 Å². The lowest BCUT2D eigenvalue weighted by Crippen LogP contribution is -2.28. The number of carbonyl (C=O) groups is 1. The third-order valence-corrected chi connectivity index (χ3v) is 3.48. The Morgan fingerprint density at radius 2 is 2.24 bits per heavy atom. The molecule has 4 heteroatoms. The van der Waals surface area contributed by atoms with Crippen LogP contribution in [-0.4, -0.2) is 43.2 Å². The van der Waals surface area contributed by atoms with Crippen LogP contribution in [0.25, 0.3) is 0 Å². The smallest absolute Gasteiger partial charge is 0.253 e. The number of ether oxygens (including phenoxy) is 1. The van der Waals surface area contributed by atoms with Crippen molar-refractivity contribution in [3.63, 3.8) is 0 Å². The molecule has 0 aromatic heterocycles. The number of hydrogen-bond donors (Lipinski definition) is 1. The van der Waals surface area contributed by atoms with Crippen LogP contribution < -0.4 is 4.74 Å². The Morgan fingerprint density at radius 3 is 2.86 bits per heavy atom. The summed E-state index contributed by atoms with van der Waals surface area (Å²) in [6, 6.07) is 5.29. The zero-order valence-corrected chi connectivity index (χ0v) is 12.6. The van der Waals surface area contributed by atoms with Gasteiger partial charge >= 0.3 is 0 Å². The van der Waals surface area contributed by atoms with Crippen LogP contribution in [0.2, 0.25) is 0 Å². The Kier molecular flexibility index (Phi) is 5.24. The molecule has 2 rings (SSSR count). The monoisotopic (exact) mass is 287 g/mol. The highest BCUT2D eigenvalue weighted by Crippen LogP contribution is 2.30. The number of hydrogen-bond acceptors (Lipinski definition) is 3. The second kappa shape index (κ2) is 7.14. The molecule has 1 N–H and O–H groups in total.